The van der Waals surface area contributed by atoms with Crippen LogP contribution in [0.25, 0.3) is 0 Å². The van der Waals surface area contributed by atoms with E-state index in [1.807, 2.05) is 0 Å². The second kappa shape index (κ2) is 4.55. The maximum atomic E-state index is 13.3. The Bertz CT molecular complexity index is 274. The van der Waals surface area contributed by atoms with Gasteiger partial charge in [0.2, 0.25) is 0 Å². The van der Waals surface area contributed by atoms with Crippen molar-refractivity contribution in [3.8, 4) is 0 Å². The number of nitrogens with two attached hydrogens (primary N) is 1. The lowest BCUT2D eigenvalue weighted by atomic mass is 9.96. The first-order valence-corrected chi connectivity index (χ1v) is 6.36. The third-order valence-electron chi connectivity index (χ3n) is 2.73. The quantitative estimate of drug-likeness (QED) is 0.691. The SMILES string of the molecule is N[C@H](C1CCCC1)[C@H](F)CS(=O)(=O)O. The zero-order valence-electron chi connectivity index (χ0n) is 7.89. The molecule has 84 valence electrons. The van der Waals surface area contributed by atoms with Crippen LogP contribution >= 0.6 is 0 Å². The minimum atomic E-state index is -4.25. The molecular weight excluding hydrogens is 209 g/mol. The zero-order valence-corrected chi connectivity index (χ0v) is 8.71. The van der Waals surface area contributed by atoms with E-state index < -0.39 is 28.1 Å². The van der Waals surface area contributed by atoms with Crippen molar-refractivity contribution in [2.75, 3.05) is 5.75 Å². The Morgan fingerprint density at radius 3 is 2.36 bits per heavy atom. The maximum Gasteiger partial charge on any atom is 0.267 e. The first-order chi connectivity index (χ1) is 6.40. The molecule has 0 spiro atoms. The molecule has 0 saturated heterocycles. The van der Waals surface area contributed by atoms with Crippen LogP contribution in [0.4, 0.5) is 4.39 Å². The number of hydrogen-bond donors (Lipinski definition) is 2. The highest BCUT2D eigenvalue weighted by Crippen LogP contribution is 2.28. The van der Waals surface area contributed by atoms with E-state index in [9.17, 15) is 12.8 Å². The zero-order chi connectivity index (χ0) is 10.8. The molecule has 0 bridgehead atoms. The molecule has 1 rings (SSSR count). The van der Waals surface area contributed by atoms with Crippen molar-refractivity contribution in [1.29, 1.82) is 0 Å². The van der Waals surface area contributed by atoms with Gasteiger partial charge in [0.05, 0.1) is 0 Å². The van der Waals surface area contributed by atoms with E-state index in [2.05, 4.69) is 0 Å². The molecule has 14 heavy (non-hydrogen) atoms. The summed E-state index contributed by atoms with van der Waals surface area (Å²) in [4.78, 5) is 0. The molecular formula is C8H16FNO3S. The van der Waals surface area contributed by atoms with Crippen molar-refractivity contribution < 1.29 is 17.4 Å². The fourth-order valence-corrected chi connectivity index (χ4v) is 2.57. The normalized spacial score (nSPS) is 23.6. The number of alkyl halides is 1. The lowest BCUT2D eigenvalue weighted by Crippen LogP contribution is -2.41. The summed E-state index contributed by atoms with van der Waals surface area (Å²) in [5.41, 5.74) is 5.58. The van der Waals surface area contributed by atoms with Gasteiger partial charge in [-0.2, -0.15) is 8.42 Å². The van der Waals surface area contributed by atoms with Crippen molar-refractivity contribution in [1.82, 2.24) is 0 Å². The molecule has 0 aromatic rings. The predicted octanol–water partition coefficient (Wildman–Crippen LogP) is 0.730. The van der Waals surface area contributed by atoms with Gasteiger partial charge in [0.1, 0.15) is 11.9 Å². The van der Waals surface area contributed by atoms with Gasteiger partial charge in [-0.3, -0.25) is 4.55 Å². The van der Waals surface area contributed by atoms with Gasteiger partial charge in [0, 0.05) is 6.04 Å². The van der Waals surface area contributed by atoms with E-state index in [-0.39, 0.29) is 5.92 Å². The van der Waals surface area contributed by atoms with Crippen molar-refractivity contribution in [2.45, 2.75) is 37.9 Å². The number of halogens is 1. The minimum absolute atomic E-state index is 0.0618. The van der Waals surface area contributed by atoms with Gasteiger partial charge in [-0.15, -0.1) is 0 Å². The molecule has 0 aromatic heterocycles. The lowest BCUT2D eigenvalue weighted by molar-refractivity contribution is 0.245. The molecule has 1 aliphatic carbocycles. The van der Waals surface area contributed by atoms with Crippen LogP contribution in [0.2, 0.25) is 0 Å². The molecule has 0 aliphatic heterocycles. The monoisotopic (exact) mass is 225 g/mol. The second-order valence-electron chi connectivity index (χ2n) is 3.89. The van der Waals surface area contributed by atoms with Crippen LogP contribution in [-0.4, -0.2) is 30.9 Å². The Kier molecular flexibility index (Phi) is 3.86. The minimum Gasteiger partial charge on any atom is -0.325 e. The largest absolute Gasteiger partial charge is 0.325 e. The van der Waals surface area contributed by atoms with Crippen LogP contribution < -0.4 is 5.73 Å². The van der Waals surface area contributed by atoms with Crippen LogP contribution in [0.3, 0.4) is 0 Å². The van der Waals surface area contributed by atoms with E-state index in [0.29, 0.717) is 0 Å². The summed E-state index contributed by atoms with van der Waals surface area (Å²) in [5.74, 6) is -0.822. The summed E-state index contributed by atoms with van der Waals surface area (Å²) in [6.07, 6.45) is 2.10. The highest BCUT2D eigenvalue weighted by molar-refractivity contribution is 7.85. The lowest BCUT2D eigenvalue weighted by Gasteiger charge is -2.21. The van der Waals surface area contributed by atoms with Crippen LogP contribution in [-0.2, 0) is 10.1 Å². The fourth-order valence-electron chi connectivity index (χ4n) is 1.95. The van der Waals surface area contributed by atoms with Crippen molar-refractivity contribution in [3.63, 3.8) is 0 Å². The number of rotatable bonds is 4. The maximum absolute atomic E-state index is 13.3. The third-order valence-corrected chi connectivity index (χ3v) is 3.47. The molecule has 1 aliphatic rings. The van der Waals surface area contributed by atoms with Gasteiger partial charge < -0.3 is 5.73 Å². The van der Waals surface area contributed by atoms with E-state index >= 15 is 0 Å². The molecule has 1 saturated carbocycles. The Morgan fingerprint density at radius 1 is 1.43 bits per heavy atom. The first-order valence-electron chi connectivity index (χ1n) is 4.75. The highest BCUT2D eigenvalue weighted by atomic mass is 32.2. The molecule has 0 unspecified atom stereocenters. The average molecular weight is 225 g/mol. The molecule has 0 aromatic carbocycles. The molecule has 6 heteroatoms. The Hall–Kier alpha value is -0.200. The van der Waals surface area contributed by atoms with E-state index in [4.69, 9.17) is 10.3 Å². The van der Waals surface area contributed by atoms with Crippen molar-refractivity contribution in [3.05, 3.63) is 0 Å². The average Bonchev–Trinajstić information content (AvgIpc) is 2.51. The third kappa shape index (κ3) is 3.51. The summed E-state index contributed by atoms with van der Waals surface area (Å²) in [6.45, 7) is 0. The van der Waals surface area contributed by atoms with E-state index in [0.717, 1.165) is 25.7 Å². The summed E-state index contributed by atoms with van der Waals surface area (Å²) in [5, 5.41) is 0. The Labute approximate surface area is 83.4 Å². The van der Waals surface area contributed by atoms with Crippen molar-refractivity contribution in [2.24, 2.45) is 11.7 Å². The first kappa shape index (κ1) is 11.9. The summed E-state index contributed by atoms with van der Waals surface area (Å²) >= 11 is 0. The number of hydrogen-bond acceptors (Lipinski definition) is 3. The second-order valence-corrected chi connectivity index (χ2v) is 5.38. The topological polar surface area (TPSA) is 80.4 Å². The molecule has 1 fully saturated rings. The van der Waals surface area contributed by atoms with Crippen LogP contribution in [0, 0.1) is 5.92 Å². The van der Waals surface area contributed by atoms with Gasteiger partial charge in [-0.1, -0.05) is 12.8 Å². The van der Waals surface area contributed by atoms with Crippen LogP contribution in [0.1, 0.15) is 25.7 Å². The van der Waals surface area contributed by atoms with Crippen LogP contribution in [0.15, 0.2) is 0 Å². The van der Waals surface area contributed by atoms with Gasteiger partial charge in [0.25, 0.3) is 10.1 Å². The summed E-state index contributed by atoms with van der Waals surface area (Å²) < 4.78 is 42.6. The molecule has 3 N–H and O–H groups in total. The van der Waals surface area contributed by atoms with E-state index in [1.54, 1.807) is 0 Å². The predicted molar refractivity (Wildman–Crippen MR) is 51.2 cm³/mol. The highest BCUT2D eigenvalue weighted by Gasteiger charge is 2.31. The summed E-state index contributed by atoms with van der Waals surface area (Å²) in [6, 6.07) is -0.764. The molecule has 2 atom stereocenters. The van der Waals surface area contributed by atoms with Gasteiger partial charge in [0.15, 0.2) is 0 Å². The summed E-state index contributed by atoms with van der Waals surface area (Å²) in [7, 11) is -4.25. The molecule has 0 heterocycles. The van der Waals surface area contributed by atoms with Crippen LogP contribution in [0.5, 0.6) is 0 Å². The van der Waals surface area contributed by atoms with E-state index in [1.165, 1.54) is 0 Å². The smallest absolute Gasteiger partial charge is 0.267 e. The van der Waals surface area contributed by atoms with Gasteiger partial charge in [-0.25, -0.2) is 4.39 Å². The molecule has 0 amide bonds. The molecule has 0 radical (unpaired) electrons. The standard InChI is InChI=1S/C8H16FNO3S/c9-7(5-14(11,12)13)8(10)6-3-1-2-4-6/h6-8H,1-5,10H2,(H,11,12,13)/t7-,8-/m1/s1. The van der Waals surface area contributed by atoms with Crippen molar-refractivity contribution >= 4 is 10.1 Å². The molecule has 4 nitrogen and oxygen atoms in total. The Balaban J connectivity index is 2.47. The Morgan fingerprint density at radius 2 is 1.93 bits per heavy atom. The fraction of sp³-hybridized carbons (Fsp3) is 1.00. The van der Waals surface area contributed by atoms with Gasteiger partial charge in [-0.05, 0) is 18.8 Å². The van der Waals surface area contributed by atoms with Gasteiger partial charge >= 0.3 is 0 Å².